The zero-order chi connectivity index (χ0) is 18.3. The van der Waals surface area contributed by atoms with Gasteiger partial charge in [-0.15, -0.1) is 0 Å². The molecule has 1 heterocycles. The Morgan fingerprint density at radius 1 is 0.913 bits per heavy atom. The van der Waals surface area contributed by atoms with Gasteiger partial charge in [0, 0.05) is 11.8 Å². The Balaban J connectivity index is 0. The van der Waals surface area contributed by atoms with Crippen molar-refractivity contribution in [3.05, 3.63) is 69.6 Å². The maximum absolute atomic E-state index is 11.1. The molecule has 0 aliphatic heterocycles. The maximum Gasteiger partial charge on any atom is 0.251 e. The summed E-state index contributed by atoms with van der Waals surface area (Å²) in [5, 5.41) is 0. The van der Waals surface area contributed by atoms with E-state index < -0.39 is 0 Å². The Kier molecular flexibility index (Phi) is 14.8. The van der Waals surface area contributed by atoms with Crippen LogP contribution in [0.1, 0.15) is 51.3 Å². The SMILES string of the molecule is CC.CC(C)=O.CCc1c[nH]c(=O)c(C)c1C.c1ccccc1. The first kappa shape index (κ1) is 23.1. The van der Waals surface area contributed by atoms with Gasteiger partial charge < -0.3 is 9.78 Å². The average molecular weight is 317 g/mol. The molecule has 0 unspecified atom stereocenters. The summed E-state index contributed by atoms with van der Waals surface area (Å²) in [4.78, 5) is 23.2. The van der Waals surface area contributed by atoms with Crippen molar-refractivity contribution in [3.8, 4) is 0 Å². The van der Waals surface area contributed by atoms with Crippen molar-refractivity contribution in [3.63, 3.8) is 0 Å². The van der Waals surface area contributed by atoms with E-state index in [1.807, 2.05) is 64.1 Å². The Hall–Kier alpha value is -2.16. The van der Waals surface area contributed by atoms with Crippen molar-refractivity contribution in [2.75, 3.05) is 0 Å². The smallest absolute Gasteiger partial charge is 0.251 e. The van der Waals surface area contributed by atoms with Crippen LogP contribution in [0, 0.1) is 13.8 Å². The quantitative estimate of drug-likeness (QED) is 0.816. The van der Waals surface area contributed by atoms with Crippen molar-refractivity contribution in [2.45, 2.75) is 54.9 Å². The molecule has 0 aliphatic carbocycles. The van der Waals surface area contributed by atoms with Gasteiger partial charge in [-0.05, 0) is 45.2 Å². The number of nitrogens with one attached hydrogen (secondary N) is 1. The molecule has 1 aromatic carbocycles. The number of hydrogen-bond acceptors (Lipinski definition) is 2. The molecule has 0 saturated carbocycles. The lowest BCUT2D eigenvalue weighted by molar-refractivity contribution is -0.114. The zero-order valence-electron chi connectivity index (χ0n) is 15.6. The summed E-state index contributed by atoms with van der Waals surface area (Å²) in [5.41, 5.74) is 3.21. The van der Waals surface area contributed by atoms with Gasteiger partial charge in [-0.1, -0.05) is 57.2 Å². The Morgan fingerprint density at radius 2 is 1.26 bits per heavy atom. The van der Waals surface area contributed by atoms with Crippen molar-refractivity contribution in [2.24, 2.45) is 0 Å². The summed E-state index contributed by atoms with van der Waals surface area (Å²) in [6.07, 6.45) is 2.77. The molecule has 128 valence electrons. The molecular weight excluding hydrogens is 286 g/mol. The highest BCUT2D eigenvalue weighted by molar-refractivity contribution is 5.72. The minimum Gasteiger partial charge on any atom is -0.329 e. The largest absolute Gasteiger partial charge is 0.329 e. The first-order valence-corrected chi connectivity index (χ1v) is 8.05. The first-order chi connectivity index (χ1) is 10.9. The summed E-state index contributed by atoms with van der Waals surface area (Å²) in [6.45, 7) is 13.0. The van der Waals surface area contributed by atoms with Crippen LogP contribution in [-0.2, 0) is 11.2 Å². The standard InChI is InChI=1S/C9H13NO.C6H6.C3H6O.C2H6/c1-4-8-5-10-9(11)7(3)6(8)2;1-2-4-6-5-3-1;1-3(2)4;1-2/h5H,4H2,1-3H3,(H,10,11);1-6H;1-2H3;1-2H3. The maximum atomic E-state index is 11.1. The lowest BCUT2D eigenvalue weighted by atomic mass is 10.1. The van der Waals surface area contributed by atoms with Crippen LogP contribution in [0.5, 0.6) is 0 Å². The molecule has 2 aromatic rings. The number of rotatable bonds is 1. The predicted molar refractivity (Wildman–Crippen MR) is 100 cm³/mol. The molecular formula is C20H31NO2. The van der Waals surface area contributed by atoms with Crippen LogP contribution in [0.4, 0.5) is 0 Å². The highest BCUT2D eigenvalue weighted by atomic mass is 16.1. The number of pyridine rings is 1. The predicted octanol–water partition coefficient (Wildman–Crippen LogP) is 4.86. The number of ketones is 1. The molecule has 0 fully saturated rings. The van der Waals surface area contributed by atoms with Crippen LogP contribution in [0.25, 0.3) is 0 Å². The Labute approximate surface area is 140 Å². The first-order valence-electron chi connectivity index (χ1n) is 8.05. The number of aryl methyl sites for hydroxylation is 1. The lowest BCUT2D eigenvalue weighted by Crippen LogP contribution is -2.12. The van der Waals surface area contributed by atoms with Gasteiger partial charge in [0.25, 0.3) is 5.56 Å². The second-order valence-corrected chi connectivity index (χ2v) is 4.81. The summed E-state index contributed by atoms with van der Waals surface area (Å²) >= 11 is 0. The molecule has 0 saturated heterocycles. The second kappa shape index (κ2) is 14.8. The van der Waals surface area contributed by atoms with Crippen molar-refractivity contribution >= 4 is 5.78 Å². The van der Waals surface area contributed by atoms with Crippen LogP contribution < -0.4 is 5.56 Å². The summed E-state index contributed by atoms with van der Waals surface area (Å²) < 4.78 is 0. The van der Waals surface area contributed by atoms with Crippen molar-refractivity contribution in [1.82, 2.24) is 4.98 Å². The van der Waals surface area contributed by atoms with Gasteiger partial charge in [0.05, 0.1) is 0 Å². The van der Waals surface area contributed by atoms with E-state index in [9.17, 15) is 9.59 Å². The molecule has 0 atom stereocenters. The third-order valence-electron chi connectivity index (χ3n) is 2.81. The molecule has 3 heteroatoms. The lowest BCUT2D eigenvalue weighted by Gasteiger charge is -2.03. The molecule has 2 rings (SSSR count). The van der Waals surface area contributed by atoms with Gasteiger partial charge >= 0.3 is 0 Å². The van der Waals surface area contributed by atoms with E-state index >= 15 is 0 Å². The van der Waals surface area contributed by atoms with Crippen molar-refractivity contribution < 1.29 is 4.79 Å². The van der Waals surface area contributed by atoms with E-state index in [2.05, 4.69) is 11.9 Å². The van der Waals surface area contributed by atoms with Gasteiger partial charge in [0.1, 0.15) is 5.78 Å². The third kappa shape index (κ3) is 12.1. The molecule has 0 bridgehead atoms. The molecule has 0 aliphatic rings. The molecule has 0 amide bonds. The van der Waals surface area contributed by atoms with E-state index in [1.54, 1.807) is 6.20 Å². The van der Waals surface area contributed by atoms with Crippen LogP contribution in [0.15, 0.2) is 47.4 Å². The Bertz CT molecular complexity index is 556. The van der Waals surface area contributed by atoms with Gasteiger partial charge in [-0.3, -0.25) is 4.79 Å². The number of benzene rings is 1. The monoisotopic (exact) mass is 317 g/mol. The van der Waals surface area contributed by atoms with Gasteiger partial charge in [0.15, 0.2) is 0 Å². The Morgan fingerprint density at radius 3 is 1.57 bits per heavy atom. The number of carbonyl (C=O) groups is 1. The van der Waals surface area contributed by atoms with E-state index in [-0.39, 0.29) is 11.3 Å². The van der Waals surface area contributed by atoms with Crippen molar-refractivity contribution in [1.29, 1.82) is 0 Å². The van der Waals surface area contributed by atoms with Gasteiger partial charge in [-0.25, -0.2) is 0 Å². The van der Waals surface area contributed by atoms with Crippen LogP contribution in [0.2, 0.25) is 0 Å². The number of Topliss-reactive ketones (excluding diaryl/α,β-unsaturated/α-hetero) is 1. The summed E-state index contributed by atoms with van der Waals surface area (Å²) in [7, 11) is 0. The fourth-order valence-corrected chi connectivity index (χ4v) is 1.53. The van der Waals surface area contributed by atoms with Gasteiger partial charge in [-0.2, -0.15) is 0 Å². The highest BCUT2D eigenvalue weighted by Gasteiger charge is 2.01. The van der Waals surface area contributed by atoms with Gasteiger partial charge in [0.2, 0.25) is 0 Å². The summed E-state index contributed by atoms with van der Waals surface area (Å²) in [6, 6.07) is 12.0. The van der Waals surface area contributed by atoms with Crippen LogP contribution in [-0.4, -0.2) is 10.8 Å². The van der Waals surface area contributed by atoms with E-state index in [0.29, 0.717) is 0 Å². The molecule has 23 heavy (non-hydrogen) atoms. The third-order valence-corrected chi connectivity index (χ3v) is 2.81. The van der Waals surface area contributed by atoms with E-state index in [1.165, 1.54) is 19.4 Å². The average Bonchev–Trinajstić information content (AvgIpc) is 2.56. The number of carbonyl (C=O) groups excluding carboxylic acids is 1. The fraction of sp³-hybridized carbons (Fsp3) is 0.400. The topological polar surface area (TPSA) is 49.9 Å². The number of hydrogen-bond donors (Lipinski definition) is 1. The normalized spacial score (nSPS) is 8.30. The van der Waals surface area contributed by atoms with E-state index in [4.69, 9.17) is 0 Å². The highest BCUT2D eigenvalue weighted by Crippen LogP contribution is 2.07. The van der Waals surface area contributed by atoms with Crippen LogP contribution in [0.3, 0.4) is 0 Å². The molecule has 0 spiro atoms. The zero-order valence-corrected chi connectivity index (χ0v) is 15.6. The second-order valence-electron chi connectivity index (χ2n) is 4.81. The van der Waals surface area contributed by atoms with E-state index in [0.717, 1.165) is 17.5 Å². The molecule has 1 aromatic heterocycles. The number of aromatic amines is 1. The minimum atomic E-state index is 0.0275. The summed E-state index contributed by atoms with van der Waals surface area (Å²) in [5.74, 6) is 0.167. The minimum absolute atomic E-state index is 0.0275. The number of H-pyrrole nitrogens is 1. The molecule has 1 N–H and O–H groups in total. The molecule has 3 nitrogen and oxygen atoms in total. The fourth-order valence-electron chi connectivity index (χ4n) is 1.53. The van der Waals surface area contributed by atoms with Crippen LogP contribution >= 0.6 is 0 Å². The molecule has 0 radical (unpaired) electrons. The number of aromatic nitrogens is 1.